The second kappa shape index (κ2) is 6.89. The van der Waals surface area contributed by atoms with E-state index in [0.29, 0.717) is 6.04 Å². The summed E-state index contributed by atoms with van der Waals surface area (Å²) in [5, 5.41) is 3.70. The molecule has 1 heterocycles. The van der Waals surface area contributed by atoms with Crippen molar-refractivity contribution in [2.45, 2.75) is 58.4 Å². The molecule has 1 unspecified atom stereocenters. The summed E-state index contributed by atoms with van der Waals surface area (Å²) >= 11 is 0. The summed E-state index contributed by atoms with van der Waals surface area (Å²) < 4.78 is 0. The number of hydrogen-bond donors (Lipinski definition) is 1. The van der Waals surface area contributed by atoms with Crippen molar-refractivity contribution in [3.05, 3.63) is 29.6 Å². The maximum absolute atomic E-state index is 4.32. The monoisotopic (exact) mass is 246 g/mol. The molecule has 1 aromatic rings. The molecule has 0 radical (unpaired) electrons. The van der Waals surface area contributed by atoms with Crippen molar-refractivity contribution in [3.8, 4) is 0 Å². The Balaban J connectivity index is 2.15. The van der Waals surface area contributed by atoms with Gasteiger partial charge in [-0.2, -0.15) is 0 Å². The van der Waals surface area contributed by atoms with Crippen LogP contribution in [0.4, 0.5) is 0 Å². The molecule has 0 aromatic carbocycles. The van der Waals surface area contributed by atoms with Crippen molar-refractivity contribution in [2.24, 2.45) is 5.92 Å². The highest BCUT2D eigenvalue weighted by Gasteiger charge is 2.23. The first-order valence-electron chi connectivity index (χ1n) is 7.47. The van der Waals surface area contributed by atoms with E-state index in [1.165, 1.54) is 44.1 Å². The molecule has 1 saturated carbocycles. The third-order valence-electron chi connectivity index (χ3n) is 4.08. The van der Waals surface area contributed by atoms with E-state index in [1.54, 1.807) is 0 Å². The maximum Gasteiger partial charge on any atom is 0.0375 e. The van der Waals surface area contributed by atoms with Gasteiger partial charge in [0.05, 0.1) is 0 Å². The lowest BCUT2D eigenvalue weighted by atomic mass is 9.87. The molecule has 1 fully saturated rings. The van der Waals surface area contributed by atoms with Crippen LogP contribution in [0.15, 0.2) is 18.3 Å². The van der Waals surface area contributed by atoms with Crippen LogP contribution in [0.2, 0.25) is 0 Å². The quantitative estimate of drug-likeness (QED) is 0.812. The molecule has 1 atom stereocenters. The predicted molar refractivity (Wildman–Crippen MR) is 76.6 cm³/mol. The van der Waals surface area contributed by atoms with E-state index in [0.717, 1.165) is 18.2 Å². The van der Waals surface area contributed by atoms with Crippen molar-refractivity contribution in [1.82, 2.24) is 10.3 Å². The first-order valence-corrected chi connectivity index (χ1v) is 7.47. The average molecular weight is 246 g/mol. The number of pyridine rings is 1. The van der Waals surface area contributed by atoms with Crippen LogP contribution in [0.25, 0.3) is 0 Å². The van der Waals surface area contributed by atoms with Gasteiger partial charge >= 0.3 is 0 Å². The van der Waals surface area contributed by atoms with Crippen molar-refractivity contribution in [3.63, 3.8) is 0 Å². The van der Waals surface area contributed by atoms with E-state index in [2.05, 4.69) is 36.3 Å². The van der Waals surface area contributed by atoms with Crippen LogP contribution in [0, 0.1) is 12.8 Å². The van der Waals surface area contributed by atoms with Crippen molar-refractivity contribution in [2.75, 3.05) is 6.54 Å². The maximum atomic E-state index is 4.32. The topological polar surface area (TPSA) is 24.9 Å². The Bertz CT molecular complexity index is 354. The number of rotatable bonds is 4. The van der Waals surface area contributed by atoms with Gasteiger partial charge in [-0.15, -0.1) is 0 Å². The molecule has 0 saturated heterocycles. The molecule has 0 bridgehead atoms. The van der Waals surface area contributed by atoms with Gasteiger partial charge in [0.15, 0.2) is 0 Å². The molecular formula is C16H26N2. The minimum Gasteiger partial charge on any atom is -0.310 e. The van der Waals surface area contributed by atoms with E-state index in [1.807, 2.05) is 6.20 Å². The molecular weight excluding hydrogens is 220 g/mol. The minimum atomic E-state index is 0.523. The molecule has 18 heavy (non-hydrogen) atoms. The largest absolute Gasteiger partial charge is 0.310 e. The standard InChI is InChI=1S/C16H26N2/c1-3-17-16(14-8-6-4-5-7-9-14)15-10-11-18-13(2)12-15/h10-12,14,16-17H,3-9H2,1-2H3. The van der Waals surface area contributed by atoms with Gasteiger partial charge in [0, 0.05) is 17.9 Å². The highest BCUT2D eigenvalue weighted by atomic mass is 14.9. The summed E-state index contributed by atoms with van der Waals surface area (Å²) in [6.45, 7) is 5.33. The van der Waals surface area contributed by atoms with Crippen molar-refractivity contribution >= 4 is 0 Å². The van der Waals surface area contributed by atoms with Crippen LogP contribution >= 0.6 is 0 Å². The summed E-state index contributed by atoms with van der Waals surface area (Å²) in [6.07, 6.45) is 10.3. The Hall–Kier alpha value is -0.890. The first-order chi connectivity index (χ1) is 8.81. The van der Waals surface area contributed by atoms with Crippen LogP contribution in [0.1, 0.15) is 62.7 Å². The molecule has 2 rings (SSSR count). The highest BCUT2D eigenvalue weighted by molar-refractivity contribution is 5.20. The van der Waals surface area contributed by atoms with Crippen LogP contribution in [-0.2, 0) is 0 Å². The van der Waals surface area contributed by atoms with Gasteiger partial charge in [-0.25, -0.2) is 0 Å². The third-order valence-corrected chi connectivity index (χ3v) is 4.08. The molecule has 2 nitrogen and oxygen atoms in total. The van der Waals surface area contributed by atoms with Crippen LogP contribution in [-0.4, -0.2) is 11.5 Å². The average Bonchev–Trinajstić information content (AvgIpc) is 2.64. The Morgan fingerprint density at radius 2 is 2.00 bits per heavy atom. The van der Waals surface area contributed by atoms with E-state index in [-0.39, 0.29) is 0 Å². The molecule has 1 aromatic heterocycles. The SMILES string of the molecule is CCNC(c1ccnc(C)c1)C1CCCCCC1. The molecule has 1 aliphatic rings. The minimum absolute atomic E-state index is 0.523. The predicted octanol–water partition coefficient (Wildman–Crippen LogP) is 4.01. The van der Waals surface area contributed by atoms with Crippen LogP contribution in [0.5, 0.6) is 0 Å². The number of nitrogens with zero attached hydrogens (tertiary/aromatic N) is 1. The Labute approximate surface area is 111 Å². The fraction of sp³-hybridized carbons (Fsp3) is 0.688. The lowest BCUT2D eigenvalue weighted by Gasteiger charge is -2.27. The van der Waals surface area contributed by atoms with Gasteiger partial charge in [-0.05, 0) is 49.9 Å². The summed E-state index contributed by atoms with van der Waals surface area (Å²) in [5.74, 6) is 0.800. The van der Waals surface area contributed by atoms with E-state index in [9.17, 15) is 0 Å². The van der Waals surface area contributed by atoms with E-state index in [4.69, 9.17) is 0 Å². The van der Waals surface area contributed by atoms with Gasteiger partial charge < -0.3 is 5.32 Å². The number of hydrogen-bond acceptors (Lipinski definition) is 2. The number of aromatic nitrogens is 1. The van der Waals surface area contributed by atoms with Gasteiger partial charge in [0.2, 0.25) is 0 Å². The second-order valence-electron chi connectivity index (χ2n) is 5.52. The zero-order valence-corrected chi connectivity index (χ0v) is 11.8. The molecule has 0 spiro atoms. The zero-order chi connectivity index (χ0) is 12.8. The lowest BCUT2D eigenvalue weighted by Crippen LogP contribution is -2.28. The molecule has 2 heteroatoms. The molecule has 100 valence electrons. The van der Waals surface area contributed by atoms with Gasteiger partial charge in [-0.3, -0.25) is 4.98 Å². The zero-order valence-electron chi connectivity index (χ0n) is 11.8. The molecule has 1 N–H and O–H groups in total. The van der Waals surface area contributed by atoms with Gasteiger partial charge in [0.25, 0.3) is 0 Å². The smallest absolute Gasteiger partial charge is 0.0375 e. The molecule has 0 amide bonds. The van der Waals surface area contributed by atoms with Crippen LogP contribution < -0.4 is 5.32 Å². The summed E-state index contributed by atoms with van der Waals surface area (Å²) in [7, 11) is 0. The van der Waals surface area contributed by atoms with Crippen LogP contribution in [0.3, 0.4) is 0 Å². The Kier molecular flexibility index (Phi) is 5.18. The van der Waals surface area contributed by atoms with E-state index < -0.39 is 0 Å². The highest BCUT2D eigenvalue weighted by Crippen LogP contribution is 2.33. The normalized spacial score (nSPS) is 19.4. The Morgan fingerprint density at radius 3 is 2.61 bits per heavy atom. The fourth-order valence-corrected chi connectivity index (χ4v) is 3.18. The van der Waals surface area contributed by atoms with Gasteiger partial charge in [0.1, 0.15) is 0 Å². The summed E-state index contributed by atoms with van der Waals surface area (Å²) in [6, 6.07) is 4.96. The first kappa shape index (κ1) is 13.5. The lowest BCUT2D eigenvalue weighted by molar-refractivity contribution is 0.330. The fourth-order valence-electron chi connectivity index (χ4n) is 3.18. The number of nitrogens with one attached hydrogen (secondary N) is 1. The molecule has 1 aliphatic carbocycles. The number of aryl methyl sites for hydroxylation is 1. The third kappa shape index (κ3) is 3.55. The van der Waals surface area contributed by atoms with Crippen molar-refractivity contribution < 1.29 is 0 Å². The summed E-state index contributed by atoms with van der Waals surface area (Å²) in [4.78, 5) is 4.32. The van der Waals surface area contributed by atoms with Crippen molar-refractivity contribution in [1.29, 1.82) is 0 Å². The second-order valence-corrected chi connectivity index (χ2v) is 5.52. The van der Waals surface area contributed by atoms with Gasteiger partial charge in [-0.1, -0.05) is 32.6 Å². The summed E-state index contributed by atoms with van der Waals surface area (Å²) in [5.41, 5.74) is 2.56. The van der Waals surface area contributed by atoms with E-state index >= 15 is 0 Å². The molecule has 0 aliphatic heterocycles. The Morgan fingerprint density at radius 1 is 1.28 bits per heavy atom.